The number of nitrogens with zero attached hydrogens (tertiary/aromatic N) is 2. The lowest BCUT2D eigenvalue weighted by Gasteiger charge is -2.15. The average Bonchev–Trinajstić information content (AvgIpc) is 2.80. The maximum Gasteiger partial charge on any atom is 0.417 e. The summed E-state index contributed by atoms with van der Waals surface area (Å²) >= 11 is 0. The first-order chi connectivity index (χ1) is 17.3. The van der Waals surface area contributed by atoms with Crippen LogP contribution in [0.25, 0.3) is 0 Å². The van der Waals surface area contributed by atoms with Crippen molar-refractivity contribution in [3.05, 3.63) is 77.2 Å². The summed E-state index contributed by atoms with van der Waals surface area (Å²) < 4.78 is 75.6. The standard InChI is InChI=1S/C24H22F4N4O4S/c1-14-9-16(25)7-8-20(14)36-23-19(10-15(12-30-23)24(26,27)28)22(34)31-17-5-4-6-18(11-17)37(3,35)32-21(33)13-29-2/h4-12,29H,13H2,1-3H3,(H,31,34). The van der Waals surface area contributed by atoms with E-state index in [-0.39, 0.29) is 22.9 Å². The number of halogens is 4. The van der Waals surface area contributed by atoms with Gasteiger partial charge in [0.15, 0.2) is 0 Å². The van der Waals surface area contributed by atoms with Gasteiger partial charge < -0.3 is 15.4 Å². The average molecular weight is 539 g/mol. The first-order valence-electron chi connectivity index (χ1n) is 10.6. The number of nitrogens with one attached hydrogen (secondary N) is 2. The fourth-order valence-electron chi connectivity index (χ4n) is 3.12. The van der Waals surface area contributed by atoms with Crippen molar-refractivity contribution in [2.45, 2.75) is 18.0 Å². The summed E-state index contributed by atoms with van der Waals surface area (Å²) in [5.41, 5.74) is -1.33. The largest absolute Gasteiger partial charge is 0.438 e. The van der Waals surface area contributed by atoms with Crippen LogP contribution in [0.1, 0.15) is 21.5 Å². The molecule has 3 aromatic rings. The second-order valence-electron chi connectivity index (χ2n) is 7.89. The van der Waals surface area contributed by atoms with Crippen molar-refractivity contribution < 1.29 is 36.1 Å². The van der Waals surface area contributed by atoms with E-state index in [0.29, 0.717) is 17.8 Å². The fourth-order valence-corrected chi connectivity index (χ4v) is 4.36. The van der Waals surface area contributed by atoms with Crippen LogP contribution in [0.3, 0.4) is 0 Å². The minimum absolute atomic E-state index is 0.0784. The van der Waals surface area contributed by atoms with Crippen LogP contribution in [-0.2, 0) is 20.7 Å². The molecule has 196 valence electrons. The number of ether oxygens (including phenoxy) is 1. The van der Waals surface area contributed by atoms with Gasteiger partial charge in [0.2, 0.25) is 5.88 Å². The molecule has 3 rings (SSSR count). The van der Waals surface area contributed by atoms with E-state index in [1.807, 2.05) is 0 Å². The van der Waals surface area contributed by atoms with Crippen LogP contribution >= 0.6 is 0 Å². The summed E-state index contributed by atoms with van der Waals surface area (Å²) in [6, 6.07) is 9.66. The molecule has 8 nitrogen and oxygen atoms in total. The van der Waals surface area contributed by atoms with Gasteiger partial charge in [-0.1, -0.05) is 6.07 Å². The van der Waals surface area contributed by atoms with E-state index >= 15 is 0 Å². The third kappa shape index (κ3) is 7.11. The van der Waals surface area contributed by atoms with Crippen molar-refractivity contribution >= 4 is 27.2 Å². The van der Waals surface area contributed by atoms with Crippen LogP contribution in [-0.4, -0.2) is 40.9 Å². The zero-order valence-electron chi connectivity index (χ0n) is 19.9. The van der Waals surface area contributed by atoms with Crippen molar-refractivity contribution in [2.24, 2.45) is 4.36 Å². The smallest absolute Gasteiger partial charge is 0.417 e. The highest BCUT2D eigenvalue weighted by Gasteiger charge is 2.33. The molecule has 0 bridgehead atoms. The second kappa shape index (κ2) is 11.0. The number of likely N-dealkylation sites (N-methyl/N-ethyl adjacent to an activating group) is 1. The van der Waals surface area contributed by atoms with Crippen molar-refractivity contribution in [3.63, 3.8) is 0 Å². The first kappa shape index (κ1) is 27.7. The molecule has 1 aromatic heterocycles. The van der Waals surface area contributed by atoms with Crippen molar-refractivity contribution in [2.75, 3.05) is 25.2 Å². The number of carbonyl (C=O) groups excluding carboxylic acids is 2. The highest BCUT2D eigenvalue weighted by molar-refractivity contribution is 7.93. The molecule has 0 saturated carbocycles. The van der Waals surface area contributed by atoms with E-state index in [4.69, 9.17) is 4.74 Å². The number of rotatable bonds is 7. The number of hydrogen-bond acceptors (Lipinski definition) is 6. The van der Waals surface area contributed by atoms with E-state index < -0.39 is 50.5 Å². The Morgan fingerprint density at radius 2 is 1.86 bits per heavy atom. The van der Waals surface area contributed by atoms with Gasteiger partial charge in [0.05, 0.1) is 21.8 Å². The van der Waals surface area contributed by atoms with Crippen LogP contribution < -0.4 is 15.4 Å². The number of alkyl halides is 3. The Labute approximate surface area is 210 Å². The minimum atomic E-state index is -4.79. The number of hydrogen-bond donors (Lipinski definition) is 2. The first-order valence-corrected chi connectivity index (χ1v) is 12.5. The highest BCUT2D eigenvalue weighted by Crippen LogP contribution is 2.34. The molecular weight excluding hydrogens is 516 g/mol. The summed E-state index contributed by atoms with van der Waals surface area (Å²) in [5.74, 6) is -2.55. The van der Waals surface area contributed by atoms with E-state index in [1.165, 1.54) is 50.6 Å². The van der Waals surface area contributed by atoms with Gasteiger partial charge in [-0.3, -0.25) is 9.59 Å². The summed E-state index contributed by atoms with van der Waals surface area (Å²) in [7, 11) is -1.64. The Morgan fingerprint density at radius 3 is 2.51 bits per heavy atom. The maximum absolute atomic E-state index is 13.4. The van der Waals surface area contributed by atoms with Gasteiger partial charge in [-0.15, -0.1) is 0 Å². The van der Waals surface area contributed by atoms with Crippen LogP contribution in [0.2, 0.25) is 0 Å². The molecule has 0 spiro atoms. The quantitative estimate of drug-likeness (QED) is 0.419. The Morgan fingerprint density at radius 1 is 1.14 bits per heavy atom. The van der Waals surface area contributed by atoms with Gasteiger partial charge in [0.25, 0.3) is 11.8 Å². The number of aryl methyl sites for hydroxylation is 1. The molecule has 0 aliphatic rings. The molecule has 1 heterocycles. The maximum atomic E-state index is 13.4. The van der Waals surface area contributed by atoms with Gasteiger partial charge >= 0.3 is 6.18 Å². The molecule has 0 radical (unpaired) electrons. The number of aromatic nitrogens is 1. The summed E-state index contributed by atoms with van der Waals surface area (Å²) in [6.07, 6.45) is -3.03. The van der Waals surface area contributed by atoms with Crippen LogP contribution in [0.4, 0.5) is 23.2 Å². The molecular formula is C24H22F4N4O4S. The lowest BCUT2D eigenvalue weighted by molar-refractivity contribution is -0.137. The van der Waals surface area contributed by atoms with E-state index in [9.17, 15) is 31.4 Å². The Kier molecular flexibility index (Phi) is 8.28. The van der Waals surface area contributed by atoms with Gasteiger partial charge in [0, 0.05) is 23.0 Å². The van der Waals surface area contributed by atoms with Crippen molar-refractivity contribution in [3.8, 4) is 11.6 Å². The molecule has 1 unspecified atom stereocenters. The molecule has 1 atom stereocenters. The topological polar surface area (TPSA) is 110 Å². The summed E-state index contributed by atoms with van der Waals surface area (Å²) in [4.78, 5) is 28.7. The molecule has 37 heavy (non-hydrogen) atoms. The predicted octanol–water partition coefficient (Wildman–Crippen LogP) is 4.80. The predicted molar refractivity (Wildman–Crippen MR) is 129 cm³/mol. The number of amides is 2. The van der Waals surface area contributed by atoms with Crippen molar-refractivity contribution in [1.29, 1.82) is 0 Å². The van der Waals surface area contributed by atoms with Crippen molar-refractivity contribution in [1.82, 2.24) is 10.3 Å². The number of benzene rings is 2. The Bertz CT molecular complexity index is 1470. The van der Waals surface area contributed by atoms with Gasteiger partial charge in [-0.25, -0.2) is 13.6 Å². The Balaban J connectivity index is 1.98. The SMILES string of the molecule is CNCC(=O)N=S(C)(=O)c1cccc(NC(=O)c2cc(C(F)(F)F)cnc2Oc2ccc(F)cc2C)c1. The van der Waals surface area contributed by atoms with Gasteiger partial charge in [-0.05, 0) is 62.0 Å². The molecule has 0 aliphatic heterocycles. The summed E-state index contributed by atoms with van der Waals surface area (Å²) in [5, 5.41) is 5.03. The number of anilines is 1. The molecule has 0 saturated heterocycles. The van der Waals surface area contributed by atoms with Crippen LogP contribution in [0, 0.1) is 12.7 Å². The third-order valence-corrected chi connectivity index (χ3v) is 6.58. The number of pyridine rings is 1. The third-order valence-electron chi connectivity index (χ3n) is 4.90. The lowest BCUT2D eigenvalue weighted by Crippen LogP contribution is -2.18. The van der Waals surface area contributed by atoms with Gasteiger partial charge in [-0.2, -0.15) is 17.5 Å². The lowest BCUT2D eigenvalue weighted by atomic mass is 10.1. The second-order valence-corrected chi connectivity index (χ2v) is 10.1. The molecule has 0 fully saturated rings. The molecule has 2 N–H and O–H groups in total. The number of carbonyl (C=O) groups is 2. The normalized spacial score (nSPS) is 12.9. The molecule has 13 heteroatoms. The van der Waals surface area contributed by atoms with E-state index in [2.05, 4.69) is 20.0 Å². The van der Waals surface area contributed by atoms with Crippen LogP contribution in [0.5, 0.6) is 11.6 Å². The molecule has 2 aromatic carbocycles. The summed E-state index contributed by atoms with van der Waals surface area (Å²) in [6.45, 7) is 1.39. The highest BCUT2D eigenvalue weighted by atomic mass is 32.2. The van der Waals surface area contributed by atoms with Gasteiger partial charge in [0.1, 0.15) is 17.1 Å². The molecule has 2 amide bonds. The zero-order valence-corrected chi connectivity index (χ0v) is 20.7. The molecule has 0 aliphatic carbocycles. The fraction of sp³-hybridized carbons (Fsp3) is 0.208. The van der Waals surface area contributed by atoms with Crippen LogP contribution in [0.15, 0.2) is 64.0 Å². The Hall–Kier alpha value is -3.84. The monoisotopic (exact) mass is 538 g/mol. The van der Waals surface area contributed by atoms with E-state index in [1.54, 1.807) is 0 Å². The van der Waals surface area contributed by atoms with E-state index in [0.717, 1.165) is 12.1 Å². The minimum Gasteiger partial charge on any atom is -0.438 e. The zero-order chi connectivity index (χ0) is 27.4.